The van der Waals surface area contributed by atoms with Crippen LogP contribution in [-0.2, 0) is 16.1 Å². The number of methoxy groups -OCH3 is 2. The van der Waals surface area contributed by atoms with Crippen molar-refractivity contribution < 1.29 is 48.9 Å². The van der Waals surface area contributed by atoms with Crippen molar-refractivity contribution in [3.05, 3.63) is 60.2 Å². The number of carbonyl (C=O) groups excluding carboxylic acids is 1. The maximum absolute atomic E-state index is 10.4. The highest BCUT2D eigenvalue weighted by molar-refractivity contribution is 5.90. The topological polar surface area (TPSA) is 159 Å². The molecule has 5 N–H and O–H groups in total. The van der Waals surface area contributed by atoms with Gasteiger partial charge in [-0.25, -0.2) is 9.79 Å². The Balaban J connectivity index is 0.000000459. The highest BCUT2D eigenvalue weighted by Gasteiger charge is 2.30. The van der Waals surface area contributed by atoms with Gasteiger partial charge in [0.15, 0.2) is 11.5 Å². The summed E-state index contributed by atoms with van der Waals surface area (Å²) in [6.07, 6.45) is 0.466. The van der Waals surface area contributed by atoms with Gasteiger partial charge >= 0.3 is 11.9 Å². The molecule has 0 aliphatic carbocycles. The number of aliphatic imine (C=N–C) groups is 1. The highest BCUT2D eigenvalue weighted by Crippen LogP contribution is 2.34. The van der Waals surface area contributed by atoms with Gasteiger partial charge in [-0.3, -0.25) is 10.2 Å². The van der Waals surface area contributed by atoms with Crippen molar-refractivity contribution in [2.75, 3.05) is 58.9 Å². The number of carbonyl (C=O) groups is 2. The van der Waals surface area contributed by atoms with Gasteiger partial charge in [0.25, 0.3) is 0 Å². The number of guanidine groups is 1. The van der Waals surface area contributed by atoms with E-state index < -0.39 is 18.0 Å². The fraction of sp³-hybridized carbons (Fsp3) is 0.370. The fourth-order valence-corrected chi connectivity index (χ4v) is 4.29. The van der Waals surface area contributed by atoms with Crippen molar-refractivity contribution in [2.45, 2.75) is 12.6 Å². The molecule has 0 bridgehead atoms. The van der Waals surface area contributed by atoms with Crippen molar-refractivity contribution in [1.82, 2.24) is 0 Å². The van der Waals surface area contributed by atoms with Gasteiger partial charge < -0.3 is 39.2 Å². The van der Waals surface area contributed by atoms with Crippen LogP contribution < -0.4 is 34.4 Å². The number of nitrogens with one attached hydrogen (secondary N) is 3. The first-order chi connectivity index (χ1) is 18.8. The number of quaternary nitrogens is 2. The molecule has 2 aromatic rings. The molecule has 0 aromatic heterocycles. The molecule has 4 rings (SSSR count). The third-order valence-corrected chi connectivity index (χ3v) is 6.24. The number of carboxylic acid groups (broad SMARTS) is 2. The van der Waals surface area contributed by atoms with Crippen LogP contribution in [0.2, 0.25) is 0 Å². The van der Waals surface area contributed by atoms with Crippen LogP contribution in [0.5, 0.6) is 17.2 Å². The molecule has 1 fully saturated rings. The second-order valence-corrected chi connectivity index (χ2v) is 8.98. The molecule has 0 radical (unpaired) electrons. The number of hydrogen-bond acceptors (Lipinski definition) is 9. The van der Waals surface area contributed by atoms with Gasteiger partial charge in [-0.05, 0) is 24.3 Å². The van der Waals surface area contributed by atoms with E-state index in [2.05, 4.69) is 5.32 Å². The lowest BCUT2D eigenvalue weighted by atomic mass is 10.1. The van der Waals surface area contributed by atoms with E-state index >= 15 is 0 Å². The summed E-state index contributed by atoms with van der Waals surface area (Å²) in [7, 11) is 3.29. The molecule has 0 spiro atoms. The van der Waals surface area contributed by atoms with Crippen LogP contribution in [-0.4, -0.2) is 87.8 Å². The van der Waals surface area contributed by atoms with Gasteiger partial charge in [-0.1, -0.05) is 18.2 Å². The van der Waals surface area contributed by atoms with E-state index in [0.29, 0.717) is 37.6 Å². The summed E-state index contributed by atoms with van der Waals surface area (Å²) in [5.74, 6) is 0.405. The van der Waals surface area contributed by atoms with Gasteiger partial charge in [-0.15, -0.1) is 0 Å². The lowest BCUT2D eigenvalue weighted by molar-refractivity contribution is -0.979. The first-order valence-corrected chi connectivity index (χ1v) is 12.5. The maximum atomic E-state index is 10.4. The van der Waals surface area contributed by atoms with Crippen molar-refractivity contribution in [1.29, 1.82) is 0 Å². The summed E-state index contributed by atoms with van der Waals surface area (Å²) in [4.78, 5) is 26.5. The third kappa shape index (κ3) is 9.28. The molecule has 0 amide bonds. The molecule has 2 aliphatic heterocycles. The molecule has 12 nitrogen and oxygen atoms in total. The zero-order valence-corrected chi connectivity index (χ0v) is 22.0. The van der Waals surface area contributed by atoms with Gasteiger partial charge in [0.1, 0.15) is 51.2 Å². The average molecular weight is 544 g/mol. The van der Waals surface area contributed by atoms with Crippen molar-refractivity contribution in [3.8, 4) is 17.2 Å². The first kappa shape index (κ1) is 29.4. The number of rotatable bonds is 9. The van der Waals surface area contributed by atoms with Crippen LogP contribution in [0.3, 0.4) is 0 Å². The number of aliphatic carboxylic acids is 2. The lowest BCUT2D eigenvalue weighted by Crippen LogP contribution is -3.30. The van der Waals surface area contributed by atoms with Gasteiger partial charge in [-0.2, -0.15) is 0 Å². The number of piperazine rings is 1. The Bertz CT molecular complexity index is 1150. The predicted molar refractivity (Wildman–Crippen MR) is 140 cm³/mol. The maximum Gasteiger partial charge on any atom is 0.328 e. The molecule has 1 atom stereocenters. The van der Waals surface area contributed by atoms with Crippen LogP contribution in [0.25, 0.3) is 0 Å². The molecule has 1 unspecified atom stereocenters. The number of aliphatic hydroxyl groups is 1. The Morgan fingerprint density at radius 2 is 1.74 bits per heavy atom. The average Bonchev–Trinajstić information content (AvgIpc) is 2.95. The highest BCUT2D eigenvalue weighted by atomic mass is 16.5. The van der Waals surface area contributed by atoms with Gasteiger partial charge in [0.2, 0.25) is 0 Å². The van der Waals surface area contributed by atoms with Gasteiger partial charge in [0, 0.05) is 17.7 Å². The van der Waals surface area contributed by atoms with E-state index in [9.17, 15) is 19.8 Å². The fourth-order valence-electron chi connectivity index (χ4n) is 4.29. The number of carboxylic acids is 2. The van der Waals surface area contributed by atoms with E-state index in [1.54, 1.807) is 14.2 Å². The molecule has 12 heteroatoms. The number of fused-ring (bicyclic) bond motifs is 1. The largest absolute Gasteiger partial charge is 0.545 e. The second kappa shape index (κ2) is 14.7. The minimum atomic E-state index is -1.51. The van der Waals surface area contributed by atoms with Crippen LogP contribution in [0.15, 0.2) is 59.6 Å². The Morgan fingerprint density at radius 1 is 1.08 bits per heavy atom. The zero-order chi connectivity index (χ0) is 28.2. The summed E-state index contributed by atoms with van der Waals surface area (Å²) in [6, 6.07) is 13.6. The van der Waals surface area contributed by atoms with E-state index in [1.807, 2.05) is 42.5 Å². The molecular formula is C27H35N4O8+. The van der Waals surface area contributed by atoms with Crippen LogP contribution in [0.1, 0.15) is 5.56 Å². The van der Waals surface area contributed by atoms with Gasteiger partial charge in [0.05, 0.1) is 32.4 Å². The summed E-state index contributed by atoms with van der Waals surface area (Å²) >= 11 is 0. The van der Waals surface area contributed by atoms with Crippen molar-refractivity contribution >= 4 is 23.6 Å². The lowest BCUT2D eigenvalue weighted by Gasteiger charge is -2.32. The molecule has 2 aromatic carbocycles. The molecule has 39 heavy (non-hydrogen) atoms. The first-order valence-electron chi connectivity index (χ1n) is 12.5. The van der Waals surface area contributed by atoms with Crippen molar-refractivity contribution in [3.63, 3.8) is 0 Å². The molecule has 210 valence electrons. The summed E-state index contributed by atoms with van der Waals surface area (Å²) in [5.41, 5.74) is 2.13. The number of ether oxygens (including phenoxy) is 3. The number of benzene rings is 2. The minimum Gasteiger partial charge on any atom is -0.545 e. The predicted octanol–water partition coefficient (Wildman–Crippen LogP) is -2.41. The zero-order valence-electron chi connectivity index (χ0n) is 22.0. The Morgan fingerprint density at radius 3 is 2.33 bits per heavy atom. The standard InChI is InChI=1S/C23H30N4O4.C4H4O4/c1-29-21-12-17-14-24-23(25-20(17)13-22(21)30-2)27-10-8-26(9-11-27)15-18(28)16-31-19-6-4-3-5-7-19;5-3(6)1-2-4(7)8/h3-7,12-13,18,28H,8-11,14-16H2,1-2H3,(H,24,25);1-2H,(H,5,6)(H,7,8)/p+1/b;2-1-. The van der Waals surface area contributed by atoms with Crippen LogP contribution >= 0.6 is 0 Å². The van der Waals surface area contributed by atoms with Crippen LogP contribution in [0, 0.1) is 0 Å². The number of hydrogen-bond donors (Lipinski definition) is 5. The molecule has 2 heterocycles. The number of anilines is 1. The monoisotopic (exact) mass is 543 g/mol. The summed E-state index contributed by atoms with van der Waals surface area (Å²) in [6.45, 7) is 5.55. The number of nitrogens with zero attached hydrogens (tertiary/aromatic N) is 1. The Kier molecular flexibility index (Phi) is 11.1. The van der Waals surface area contributed by atoms with E-state index in [4.69, 9.17) is 24.3 Å². The van der Waals surface area contributed by atoms with E-state index in [-0.39, 0.29) is 0 Å². The Hall–Kier alpha value is -4.13. The quantitative estimate of drug-likeness (QED) is 0.217. The normalized spacial score (nSPS) is 18.9. The number of aliphatic hydroxyl groups excluding tert-OH is 1. The Labute approximate surface area is 226 Å². The number of para-hydroxylation sites is 1. The smallest absolute Gasteiger partial charge is 0.328 e. The summed E-state index contributed by atoms with van der Waals surface area (Å²) < 4.78 is 16.5. The van der Waals surface area contributed by atoms with Crippen molar-refractivity contribution in [2.24, 2.45) is 4.99 Å². The molecular weight excluding hydrogens is 508 g/mol. The molecule has 0 saturated carbocycles. The SMILES string of the molecule is COc1cc2c(cc1OC)NC([NH+]1CC[NH+](CC(O)COc3ccccc3)CC1)=NC2.O=C([O-])/C=C\C(=O)O. The van der Waals surface area contributed by atoms with E-state index in [1.165, 1.54) is 9.80 Å². The molecule has 1 saturated heterocycles. The van der Waals surface area contributed by atoms with E-state index in [0.717, 1.165) is 54.9 Å². The third-order valence-electron chi connectivity index (χ3n) is 6.24. The minimum absolute atomic E-state index is 0.320. The molecule has 2 aliphatic rings. The second-order valence-electron chi connectivity index (χ2n) is 8.98. The van der Waals surface area contributed by atoms with Crippen LogP contribution in [0.4, 0.5) is 5.69 Å². The summed E-state index contributed by atoms with van der Waals surface area (Å²) in [5, 5.41) is 31.1.